The van der Waals surface area contributed by atoms with Gasteiger partial charge in [0.1, 0.15) is 5.54 Å². The van der Waals surface area contributed by atoms with Crippen molar-refractivity contribution in [2.45, 2.75) is 31.7 Å². The Labute approximate surface area is 105 Å². The van der Waals surface area contributed by atoms with Crippen LogP contribution < -0.4 is 5.73 Å². The molecule has 0 aliphatic carbocycles. The Kier molecular flexibility index (Phi) is 5.55. The molecule has 3 N–H and O–H groups in total. The summed E-state index contributed by atoms with van der Waals surface area (Å²) in [5.74, 6) is 0.596. The van der Waals surface area contributed by atoms with E-state index < -0.39 is 22.3 Å². The SMILES string of the molecule is CC(N)(CCCCN1CCS(=O)CC1)C(=O)O. The van der Waals surface area contributed by atoms with Crippen LogP contribution in [0.15, 0.2) is 0 Å². The maximum absolute atomic E-state index is 11.1. The van der Waals surface area contributed by atoms with Gasteiger partial charge in [0.05, 0.1) is 0 Å². The third-order valence-electron chi connectivity index (χ3n) is 3.18. The Morgan fingerprint density at radius 3 is 2.53 bits per heavy atom. The Morgan fingerprint density at radius 2 is 2.00 bits per heavy atom. The molecule has 1 atom stereocenters. The van der Waals surface area contributed by atoms with Gasteiger partial charge in [-0.05, 0) is 32.7 Å². The van der Waals surface area contributed by atoms with Crippen LogP contribution in [0.1, 0.15) is 26.2 Å². The summed E-state index contributed by atoms with van der Waals surface area (Å²) < 4.78 is 11.1. The highest BCUT2D eigenvalue weighted by atomic mass is 32.2. The minimum absolute atomic E-state index is 0.502. The largest absolute Gasteiger partial charge is 0.480 e. The van der Waals surface area contributed by atoms with Gasteiger partial charge in [0, 0.05) is 35.4 Å². The maximum atomic E-state index is 11.1. The summed E-state index contributed by atoms with van der Waals surface area (Å²) in [5, 5.41) is 8.85. The van der Waals surface area contributed by atoms with Crippen molar-refractivity contribution in [1.82, 2.24) is 4.90 Å². The Balaban J connectivity index is 2.12. The molecule has 1 aliphatic heterocycles. The maximum Gasteiger partial charge on any atom is 0.323 e. The molecule has 1 fully saturated rings. The van der Waals surface area contributed by atoms with Crippen molar-refractivity contribution >= 4 is 16.8 Å². The molecule has 1 saturated heterocycles. The van der Waals surface area contributed by atoms with Crippen molar-refractivity contribution in [3.8, 4) is 0 Å². The molecule has 1 heterocycles. The number of nitrogens with zero attached hydrogens (tertiary/aromatic N) is 1. The lowest BCUT2D eigenvalue weighted by Gasteiger charge is -2.26. The third-order valence-corrected chi connectivity index (χ3v) is 4.46. The van der Waals surface area contributed by atoms with Crippen LogP contribution in [-0.2, 0) is 15.6 Å². The number of carbonyl (C=O) groups is 1. The number of hydrogen-bond donors (Lipinski definition) is 2. The van der Waals surface area contributed by atoms with Crippen LogP contribution in [0.5, 0.6) is 0 Å². The molecule has 0 bridgehead atoms. The molecule has 0 saturated carbocycles. The van der Waals surface area contributed by atoms with Gasteiger partial charge in [-0.2, -0.15) is 0 Å². The molecule has 0 aromatic heterocycles. The number of nitrogens with two attached hydrogens (primary N) is 1. The first-order chi connectivity index (χ1) is 7.92. The van der Waals surface area contributed by atoms with Gasteiger partial charge in [-0.15, -0.1) is 0 Å². The van der Waals surface area contributed by atoms with Gasteiger partial charge in [0.15, 0.2) is 0 Å². The first-order valence-corrected chi connectivity index (χ1v) is 7.50. The lowest BCUT2D eigenvalue weighted by Crippen LogP contribution is -2.44. The van der Waals surface area contributed by atoms with Gasteiger partial charge in [0.25, 0.3) is 0 Å². The summed E-state index contributed by atoms with van der Waals surface area (Å²) >= 11 is 0. The fourth-order valence-corrected chi connectivity index (χ4v) is 2.96. The number of carboxylic acids is 1. The topological polar surface area (TPSA) is 83.6 Å². The number of rotatable bonds is 6. The van der Waals surface area contributed by atoms with E-state index >= 15 is 0 Å². The normalized spacial score (nSPS) is 22.2. The van der Waals surface area contributed by atoms with E-state index in [0.29, 0.717) is 6.42 Å². The van der Waals surface area contributed by atoms with E-state index in [1.54, 1.807) is 6.92 Å². The molecule has 0 amide bonds. The molecular weight excluding hydrogens is 240 g/mol. The lowest BCUT2D eigenvalue weighted by molar-refractivity contribution is -0.142. The van der Waals surface area contributed by atoms with Gasteiger partial charge in [-0.3, -0.25) is 9.00 Å². The Hall–Kier alpha value is -0.460. The molecule has 1 unspecified atom stereocenters. The number of hydrogen-bond acceptors (Lipinski definition) is 4. The molecule has 1 aliphatic rings. The Bertz CT molecular complexity index is 284. The molecule has 0 aromatic rings. The predicted molar refractivity (Wildman–Crippen MR) is 68.4 cm³/mol. The predicted octanol–water partition coefficient (Wildman–Crippen LogP) is 0.0230. The summed E-state index contributed by atoms with van der Waals surface area (Å²) in [5.41, 5.74) is 4.54. The monoisotopic (exact) mass is 262 g/mol. The van der Waals surface area contributed by atoms with E-state index in [0.717, 1.165) is 44.0 Å². The standard InChI is InChI=1S/C11H22N2O3S/c1-11(12,10(14)15)4-2-3-5-13-6-8-17(16)9-7-13/h2-9,12H2,1H3,(H,14,15). The Morgan fingerprint density at radius 1 is 1.41 bits per heavy atom. The van der Waals surface area contributed by atoms with E-state index in [2.05, 4.69) is 4.90 Å². The number of aliphatic carboxylic acids is 1. The summed E-state index contributed by atoms with van der Waals surface area (Å²) in [6.07, 6.45) is 2.27. The number of carboxylic acid groups (broad SMARTS) is 1. The zero-order valence-corrected chi connectivity index (χ0v) is 11.2. The molecule has 6 heteroatoms. The van der Waals surface area contributed by atoms with Crippen molar-refractivity contribution in [2.75, 3.05) is 31.1 Å². The molecule has 0 aromatic carbocycles. The summed E-state index contributed by atoms with van der Waals surface area (Å²) in [6, 6.07) is 0. The highest BCUT2D eigenvalue weighted by Crippen LogP contribution is 2.12. The van der Waals surface area contributed by atoms with Gasteiger partial charge in [-0.25, -0.2) is 0 Å². The first-order valence-electron chi connectivity index (χ1n) is 6.01. The van der Waals surface area contributed by atoms with E-state index in [-0.39, 0.29) is 0 Å². The van der Waals surface area contributed by atoms with Crippen LogP contribution >= 0.6 is 0 Å². The van der Waals surface area contributed by atoms with E-state index in [1.165, 1.54) is 0 Å². The van der Waals surface area contributed by atoms with Gasteiger partial charge < -0.3 is 15.7 Å². The minimum atomic E-state index is -1.11. The average Bonchev–Trinajstić information content (AvgIpc) is 2.26. The minimum Gasteiger partial charge on any atom is -0.480 e. The highest BCUT2D eigenvalue weighted by Gasteiger charge is 2.26. The van der Waals surface area contributed by atoms with Crippen molar-refractivity contribution in [3.63, 3.8) is 0 Å². The second-order valence-corrected chi connectivity index (χ2v) is 6.57. The van der Waals surface area contributed by atoms with Crippen LogP contribution in [0.4, 0.5) is 0 Å². The number of unbranched alkanes of at least 4 members (excludes halogenated alkanes) is 1. The molecule has 0 radical (unpaired) electrons. The molecule has 5 nitrogen and oxygen atoms in total. The zero-order valence-electron chi connectivity index (χ0n) is 10.4. The second-order valence-electron chi connectivity index (χ2n) is 4.87. The van der Waals surface area contributed by atoms with Crippen LogP contribution in [0.2, 0.25) is 0 Å². The molecule has 100 valence electrons. The van der Waals surface area contributed by atoms with Crippen LogP contribution in [0.3, 0.4) is 0 Å². The van der Waals surface area contributed by atoms with Crippen LogP contribution in [0.25, 0.3) is 0 Å². The van der Waals surface area contributed by atoms with E-state index in [4.69, 9.17) is 10.8 Å². The van der Waals surface area contributed by atoms with Crippen molar-refractivity contribution in [3.05, 3.63) is 0 Å². The van der Waals surface area contributed by atoms with Crippen LogP contribution in [0, 0.1) is 0 Å². The lowest BCUT2D eigenvalue weighted by atomic mass is 9.96. The van der Waals surface area contributed by atoms with Gasteiger partial charge in [0.2, 0.25) is 0 Å². The van der Waals surface area contributed by atoms with E-state index in [9.17, 15) is 9.00 Å². The van der Waals surface area contributed by atoms with Crippen LogP contribution in [-0.4, -0.2) is 56.9 Å². The summed E-state index contributed by atoms with van der Waals surface area (Å²) in [4.78, 5) is 13.1. The van der Waals surface area contributed by atoms with Crippen molar-refractivity contribution < 1.29 is 14.1 Å². The van der Waals surface area contributed by atoms with Gasteiger partial charge in [-0.1, -0.05) is 0 Å². The van der Waals surface area contributed by atoms with E-state index in [1.807, 2.05) is 0 Å². The summed E-state index contributed by atoms with van der Waals surface area (Å²) in [6.45, 7) is 4.29. The smallest absolute Gasteiger partial charge is 0.323 e. The molecule has 0 spiro atoms. The summed E-state index contributed by atoms with van der Waals surface area (Å²) in [7, 11) is -0.628. The molecule has 17 heavy (non-hydrogen) atoms. The second kappa shape index (κ2) is 6.47. The average molecular weight is 262 g/mol. The fourth-order valence-electron chi connectivity index (χ4n) is 1.83. The zero-order chi connectivity index (χ0) is 12.9. The van der Waals surface area contributed by atoms with Crippen molar-refractivity contribution in [1.29, 1.82) is 0 Å². The fraction of sp³-hybridized carbons (Fsp3) is 0.909. The molecular formula is C11H22N2O3S. The highest BCUT2D eigenvalue weighted by molar-refractivity contribution is 7.85. The molecule has 1 rings (SSSR count). The van der Waals surface area contributed by atoms with Crippen molar-refractivity contribution in [2.24, 2.45) is 5.73 Å². The van der Waals surface area contributed by atoms with Gasteiger partial charge >= 0.3 is 5.97 Å². The first kappa shape index (κ1) is 14.6. The third kappa shape index (κ3) is 5.14. The quantitative estimate of drug-likeness (QED) is 0.659.